The molecule has 392 valence electrons. The first-order chi connectivity index (χ1) is 32.4. The van der Waals surface area contributed by atoms with Crippen LogP contribution in [0, 0.1) is 5.92 Å². The van der Waals surface area contributed by atoms with Gasteiger partial charge in [-0.05, 0) is 25.2 Å². The van der Waals surface area contributed by atoms with Crippen LogP contribution in [0.15, 0.2) is 0 Å². The van der Waals surface area contributed by atoms with Crippen LogP contribution in [-0.4, -0.2) is 37.2 Å². The van der Waals surface area contributed by atoms with Gasteiger partial charge in [-0.25, -0.2) is 0 Å². The lowest BCUT2D eigenvalue weighted by Gasteiger charge is -2.18. The third-order valence-corrected chi connectivity index (χ3v) is 14.2. The fourth-order valence-electron chi connectivity index (χ4n) is 9.25. The van der Waals surface area contributed by atoms with E-state index in [4.69, 9.17) is 14.2 Å². The van der Waals surface area contributed by atoms with E-state index in [9.17, 15) is 14.4 Å². The summed E-state index contributed by atoms with van der Waals surface area (Å²) in [5.41, 5.74) is 0. The summed E-state index contributed by atoms with van der Waals surface area (Å²) in [5.74, 6) is 0.0763. The second-order valence-electron chi connectivity index (χ2n) is 20.9. The van der Waals surface area contributed by atoms with E-state index in [2.05, 4.69) is 27.7 Å². The third kappa shape index (κ3) is 51.8. The van der Waals surface area contributed by atoms with Crippen molar-refractivity contribution in [1.29, 1.82) is 0 Å². The maximum atomic E-state index is 12.8. The molecular weight excluding hydrogens is 817 g/mol. The van der Waals surface area contributed by atoms with Crippen LogP contribution in [0.4, 0.5) is 0 Å². The monoisotopic (exact) mass is 933 g/mol. The molecule has 6 heteroatoms. The van der Waals surface area contributed by atoms with Gasteiger partial charge < -0.3 is 14.2 Å². The molecule has 0 bridgehead atoms. The molecule has 0 aromatic heterocycles. The lowest BCUT2D eigenvalue weighted by atomic mass is 9.99. The van der Waals surface area contributed by atoms with Crippen LogP contribution in [0.25, 0.3) is 0 Å². The highest BCUT2D eigenvalue weighted by Crippen LogP contribution is 2.19. The SMILES string of the molecule is CCCCCCCCCCCCCCCCC(=O)O[C@@H](COC(=O)CCCCCCCCCCCCCC)COC(=O)CCCCCCCCCCCCCCCCCCCCC(C)CC. The lowest BCUT2D eigenvalue weighted by Crippen LogP contribution is -2.30. The summed E-state index contributed by atoms with van der Waals surface area (Å²) in [6.45, 7) is 9.11. The number of esters is 3. The molecule has 0 heterocycles. The van der Waals surface area contributed by atoms with Gasteiger partial charge in [-0.3, -0.25) is 14.4 Å². The van der Waals surface area contributed by atoms with Crippen LogP contribution in [0.3, 0.4) is 0 Å². The van der Waals surface area contributed by atoms with Gasteiger partial charge in [-0.1, -0.05) is 304 Å². The molecule has 0 radical (unpaired) electrons. The van der Waals surface area contributed by atoms with Crippen molar-refractivity contribution in [3.05, 3.63) is 0 Å². The average Bonchev–Trinajstić information content (AvgIpc) is 3.32. The highest BCUT2D eigenvalue weighted by molar-refractivity contribution is 5.71. The van der Waals surface area contributed by atoms with Crippen molar-refractivity contribution in [2.45, 2.75) is 348 Å². The molecule has 0 aromatic rings. The van der Waals surface area contributed by atoms with E-state index in [0.29, 0.717) is 19.3 Å². The van der Waals surface area contributed by atoms with Gasteiger partial charge >= 0.3 is 17.9 Å². The van der Waals surface area contributed by atoms with Crippen LogP contribution in [0.1, 0.15) is 342 Å². The second kappa shape index (κ2) is 54.4. The molecule has 0 N–H and O–H groups in total. The van der Waals surface area contributed by atoms with Gasteiger partial charge in [0, 0.05) is 19.3 Å². The van der Waals surface area contributed by atoms with Gasteiger partial charge in [0.2, 0.25) is 0 Å². The fourth-order valence-corrected chi connectivity index (χ4v) is 9.25. The minimum Gasteiger partial charge on any atom is -0.462 e. The molecule has 0 saturated carbocycles. The van der Waals surface area contributed by atoms with Crippen LogP contribution >= 0.6 is 0 Å². The van der Waals surface area contributed by atoms with Crippen LogP contribution in [0.5, 0.6) is 0 Å². The standard InChI is InChI=1S/C60H116O6/c1-5-8-10-12-14-16-18-20-28-33-37-41-45-49-53-60(63)66-57(54-64-58(61)51-47-43-39-35-31-19-17-15-13-11-9-6-2)55-65-59(62)52-48-44-40-36-32-29-26-24-22-21-23-25-27-30-34-38-42-46-50-56(4)7-3/h56-57H,5-55H2,1-4H3/t56?,57-/m0/s1. The summed E-state index contributed by atoms with van der Waals surface area (Å²) in [6.07, 6.45) is 59.5. The van der Waals surface area contributed by atoms with E-state index in [-0.39, 0.29) is 31.1 Å². The molecule has 0 saturated heterocycles. The number of rotatable bonds is 55. The molecule has 1 unspecified atom stereocenters. The Morgan fingerprint density at radius 3 is 0.788 bits per heavy atom. The van der Waals surface area contributed by atoms with E-state index < -0.39 is 6.10 Å². The second-order valence-corrected chi connectivity index (χ2v) is 20.9. The molecule has 0 spiro atoms. The summed E-state index contributed by atoms with van der Waals surface area (Å²) in [6, 6.07) is 0. The summed E-state index contributed by atoms with van der Waals surface area (Å²) < 4.78 is 16.9. The van der Waals surface area contributed by atoms with Crippen LogP contribution in [0.2, 0.25) is 0 Å². The molecule has 2 atom stereocenters. The average molecular weight is 934 g/mol. The Labute approximate surface area is 412 Å². The van der Waals surface area contributed by atoms with Gasteiger partial charge in [0.05, 0.1) is 0 Å². The molecule has 0 aliphatic carbocycles. The maximum absolute atomic E-state index is 12.8. The Morgan fingerprint density at radius 2 is 0.530 bits per heavy atom. The summed E-state index contributed by atoms with van der Waals surface area (Å²) in [7, 11) is 0. The van der Waals surface area contributed by atoms with E-state index in [0.717, 1.165) is 63.7 Å². The van der Waals surface area contributed by atoms with Crippen molar-refractivity contribution in [2.75, 3.05) is 13.2 Å². The molecule has 0 aliphatic heterocycles. The number of carbonyl (C=O) groups is 3. The normalized spacial score (nSPS) is 12.4. The third-order valence-electron chi connectivity index (χ3n) is 14.2. The van der Waals surface area contributed by atoms with Crippen LogP contribution < -0.4 is 0 Å². The Hall–Kier alpha value is -1.59. The predicted octanol–water partition coefficient (Wildman–Crippen LogP) is 19.8. The zero-order valence-electron chi connectivity index (χ0n) is 45.2. The van der Waals surface area contributed by atoms with Crippen molar-refractivity contribution in [1.82, 2.24) is 0 Å². The molecule has 0 rings (SSSR count). The van der Waals surface area contributed by atoms with Gasteiger partial charge in [-0.2, -0.15) is 0 Å². The first-order valence-corrected chi connectivity index (χ1v) is 29.9. The zero-order chi connectivity index (χ0) is 48.1. The fraction of sp³-hybridized carbons (Fsp3) is 0.950. The molecule has 0 aromatic carbocycles. The highest BCUT2D eigenvalue weighted by Gasteiger charge is 2.19. The van der Waals surface area contributed by atoms with E-state index in [1.807, 2.05) is 0 Å². The highest BCUT2D eigenvalue weighted by atomic mass is 16.6. The molecule has 0 amide bonds. The number of hydrogen-bond acceptors (Lipinski definition) is 6. The first-order valence-electron chi connectivity index (χ1n) is 29.9. The smallest absolute Gasteiger partial charge is 0.306 e. The number of unbranched alkanes of at least 4 members (excludes halogenated alkanes) is 41. The molecule has 66 heavy (non-hydrogen) atoms. The Bertz CT molecular complexity index is 998. The summed E-state index contributed by atoms with van der Waals surface area (Å²) in [5, 5.41) is 0. The Balaban J connectivity index is 4.21. The molecule has 6 nitrogen and oxygen atoms in total. The summed E-state index contributed by atoms with van der Waals surface area (Å²) in [4.78, 5) is 38.1. The predicted molar refractivity (Wildman–Crippen MR) is 284 cm³/mol. The number of hydrogen-bond donors (Lipinski definition) is 0. The minimum absolute atomic E-state index is 0.0616. The van der Waals surface area contributed by atoms with Crippen LogP contribution in [-0.2, 0) is 28.6 Å². The lowest BCUT2D eigenvalue weighted by molar-refractivity contribution is -0.167. The number of ether oxygens (including phenoxy) is 3. The maximum Gasteiger partial charge on any atom is 0.306 e. The van der Waals surface area contributed by atoms with E-state index in [1.165, 1.54) is 238 Å². The molecule has 0 fully saturated rings. The van der Waals surface area contributed by atoms with Crippen molar-refractivity contribution in [3.63, 3.8) is 0 Å². The van der Waals surface area contributed by atoms with Gasteiger partial charge in [0.1, 0.15) is 13.2 Å². The zero-order valence-corrected chi connectivity index (χ0v) is 45.2. The molecular formula is C60H116O6. The number of carbonyl (C=O) groups excluding carboxylic acids is 3. The first kappa shape index (κ1) is 64.4. The van der Waals surface area contributed by atoms with E-state index in [1.54, 1.807) is 0 Å². The van der Waals surface area contributed by atoms with E-state index >= 15 is 0 Å². The largest absolute Gasteiger partial charge is 0.462 e. The Morgan fingerprint density at radius 1 is 0.303 bits per heavy atom. The Kier molecular flexibility index (Phi) is 53.0. The quantitative estimate of drug-likeness (QED) is 0.0343. The minimum atomic E-state index is -0.761. The van der Waals surface area contributed by atoms with Crippen molar-refractivity contribution in [3.8, 4) is 0 Å². The van der Waals surface area contributed by atoms with Gasteiger partial charge in [-0.15, -0.1) is 0 Å². The summed E-state index contributed by atoms with van der Waals surface area (Å²) >= 11 is 0. The van der Waals surface area contributed by atoms with Crippen molar-refractivity contribution < 1.29 is 28.6 Å². The molecule has 0 aliphatic rings. The van der Waals surface area contributed by atoms with Crippen molar-refractivity contribution in [2.24, 2.45) is 5.92 Å². The van der Waals surface area contributed by atoms with Crippen molar-refractivity contribution >= 4 is 17.9 Å². The van der Waals surface area contributed by atoms with Gasteiger partial charge in [0.15, 0.2) is 6.10 Å². The topological polar surface area (TPSA) is 78.9 Å². The van der Waals surface area contributed by atoms with Gasteiger partial charge in [0.25, 0.3) is 0 Å².